The molecule has 1 aromatic heterocycles. The zero-order valence-electron chi connectivity index (χ0n) is 9.11. The summed E-state index contributed by atoms with van der Waals surface area (Å²) in [4.78, 5) is 0. The summed E-state index contributed by atoms with van der Waals surface area (Å²) < 4.78 is 1.75. The van der Waals surface area contributed by atoms with Crippen molar-refractivity contribution in [3.8, 4) is 11.3 Å². The molecule has 0 radical (unpaired) electrons. The SMILES string of the molecule is NCCCn1cc(-c2cc(Cl)ccc2Cl)nn1. The fourth-order valence-electron chi connectivity index (χ4n) is 1.48. The van der Waals surface area contributed by atoms with Gasteiger partial charge in [0.1, 0.15) is 5.69 Å². The molecule has 6 heteroatoms. The van der Waals surface area contributed by atoms with Crippen molar-refractivity contribution in [3.63, 3.8) is 0 Å². The largest absolute Gasteiger partial charge is 0.330 e. The predicted molar refractivity (Wildman–Crippen MR) is 69.1 cm³/mol. The van der Waals surface area contributed by atoms with Crippen LogP contribution in [0.2, 0.25) is 10.0 Å². The van der Waals surface area contributed by atoms with Crippen LogP contribution in [-0.4, -0.2) is 21.5 Å². The monoisotopic (exact) mass is 270 g/mol. The summed E-state index contributed by atoms with van der Waals surface area (Å²) >= 11 is 12.0. The van der Waals surface area contributed by atoms with Gasteiger partial charge < -0.3 is 5.73 Å². The van der Waals surface area contributed by atoms with Gasteiger partial charge in [-0.25, -0.2) is 0 Å². The van der Waals surface area contributed by atoms with Gasteiger partial charge in [0, 0.05) is 17.1 Å². The number of hydrogen-bond acceptors (Lipinski definition) is 3. The molecule has 90 valence electrons. The van der Waals surface area contributed by atoms with Gasteiger partial charge >= 0.3 is 0 Å². The lowest BCUT2D eigenvalue weighted by Gasteiger charge is -2.00. The van der Waals surface area contributed by atoms with Gasteiger partial charge in [0.25, 0.3) is 0 Å². The van der Waals surface area contributed by atoms with Gasteiger partial charge in [-0.15, -0.1) is 5.10 Å². The summed E-state index contributed by atoms with van der Waals surface area (Å²) in [6.07, 6.45) is 2.71. The first-order valence-electron chi connectivity index (χ1n) is 5.26. The Labute approximate surface area is 109 Å². The Morgan fingerprint density at radius 1 is 1.29 bits per heavy atom. The van der Waals surface area contributed by atoms with Crippen LogP contribution in [0.3, 0.4) is 0 Å². The molecule has 1 aromatic carbocycles. The van der Waals surface area contributed by atoms with E-state index < -0.39 is 0 Å². The Bertz CT molecular complexity index is 510. The standard InChI is InChI=1S/C11H12Cl2N4/c12-8-2-3-10(13)9(6-8)11-7-17(16-15-11)5-1-4-14/h2-3,6-7H,1,4-5,14H2. The first-order valence-corrected chi connectivity index (χ1v) is 6.02. The van der Waals surface area contributed by atoms with E-state index in [0.29, 0.717) is 16.6 Å². The topological polar surface area (TPSA) is 56.7 Å². The lowest BCUT2D eigenvalue weighted by atomic mass is 10.2. The van der Waals surface area contributed by atoms with Crippen molar-refractivity contribution in [2.24, 2.45) is 5.73 Å². The van der Waals surface area contributed by atoms with E-state index in [1.807, 2.05) is 6.20 Å². The third kappa shape index (κ3) is 2.97. The van der Waals surface area contributed by atoms with Crippen molar-refractivity contribution in [3.05, 3.63) is 34.4 Å². The molecule has 0 saturated carbocycles. The smallest absolute Gasteiger partial charge is 0.114 e. The normalized spacial score (nSPS) is 10.8. The molecule has 0 aliphatic carbocycles. The third-order valence-electron chi connectivity index (χ3n) is 2.33. The van der Waals surface area contributed by atoms with Gasteiger partial charge in [0.2, 0.25) is 0 Å². The van der Waals surface area contributed by atoms with Gasteiger partial charge in [-0.1, -0.05) is 28.4 Å². The van der Waals surface area contributed by atoms with E-state index in [4.69, 9.17) is 28.9 Å². The number of hydrogen-bond donors (Lipinski definition) is 1. The van der Waals surface area contributed by atoms with Crippen LogP contribution in [0.5, 0.6) is 0 Å². The number of nitrogens with zero attached hydrogens (tertiary/aromatic N) is 3. The zero-order valence-corrected chi connectivity index (χ0v) is 10.6. The van der Waals surface area contributed by atoms with Crippen molar-refractivity contribution in [1.82, 2.24) is 15.0 Å². The molecule has 0 amide bonds. The molecule has 0 saturated heterocycles. The first kappa shape index (κ1) is 12.4. The van der Waals surface area contributed by atoms with Gasteiger partial charge in [0.15, 0.2) is 0 Å². The van der Waals surface area contributed by atoms with Crippen molar-refractivity contribution < 1.29 is 0 Å². The number of aryl methyl sites for hydroxylation is 1. The highest BCUT2D eigenvalue weighted by Crippen LogP contribution is 2.28. The molecule has 0 bridgehead atoms. The van der Waals surface area contributed by atoms with E-state index >= 15 is 0 Å². The number of aromatic nitrogens is 3. The highest BCUT2D eigenvalue weighted by molar-refractivity contribution is 6.35. The Balaban J connectivity index is 2.27. The average Bonchev–Trinajstić information content (AvgIpc) is 2.78. The van der Waals surface area contributed by atoms with Gasteiger partial charge in [-0.05, 0) is 31.2 Å². The van der Waals surface area contributed by atoms with E-state index in [0.717, 1.165) is 24.2 Å². The zero-order chi connectivity index (χ0) is 12.3. The van der Waals surface area contributed by atoms with Crippen LogP contribution >= 0.6 is 23.2 Å². The summed E-state index contributed by atoms with van der Waals surface area (Å²) in [7, 11) is 0. The molecular weight excluding hydrogens is 259 g/mol. The molecule has 17 heavy (non-hydrogen) atoms. The quantitative estimate of drug-likeness (QED) is 0.929. The van der Waals surface area contributed by atoms with Crippen LogP contribution in [0.1, 0.15) is 6.42 Å². The third-order valence-corrected chi connectivity index (χ3v) is 2.90. The number of benzene rings is 1. The summed E-state index contributed by atoms with van der Waals surface area (Å²) in [5.41, 5.74) is 6.95. The molecule has 0 aliphatic rings. The van der Waals surface area contributed by atoms with Crippen LogP contribution in [0, 0.1) is 0 Å². The highest BCUT2D eigenvalue weighted by atomic mass is 35.5. The van der Waals surface area contributed by atoms with Gasteiger partial charge in [-0.3, -0.25) is 4.68 Å². The molecule has 0 unspecified atom stereocenters. The number of nitrogens with two attached hydrogens (primary N) is 1. The molecule has 0 fully saturated rings. The van der Waals surface area contributed by atoms with Crippen LogP contribution in [0.15, 0.2) is 24.4 Å². The fraction of sp³-hybridized carbons (Fsp3) is 0.273. The van der Waals surface area contributed by atoms with E-state index in [1.165, 1.54) is 0 Å². The minimum Gasteiger partial charge on any atom is -0.330 e. The molecular formula is C11H12Cl2N4. The van der Waals surface area contributed by atoms with E-state index in [1.54, 1.807) is 22.9 Å². The van der Waals surface area contributed by atoms with Crippen LogP contribution in [0.25, 0.3) is 11.3 Å². The van der Waals surface area contributed by atoms with Crippen molar-refractivity contribution >= 4 is 23.2 Å². The Kier molecular flexibility index (Phi) is 3.99. The molecule has 4 nitrogen and oxygen atoms in total. The summed E-state index contributed by atoms with van der Waals surface area (Å²) in [6.45, 7) is 1.38. The Morgan fingerprint density at radius 2 is 2.12 bits per heavy atom. The van der Waals surface area contributed by atoms with E-state index in [2.05, 4.69) is 10.3 Å². The van der Waals surface area contributed by atoms with Gasteiger partial charge in [0.05, 0.1) is 11.2 Å². The summed E-state index contributed by atoms with van der Waals surface area (Å²) in [6, 6.07) is 5.27. The second kappa shape index (κ2) is 5.49. The fourth-order valence-corrected chi connectivity index (χ4v) is 1.86. The van der Waals surface area contributed by atoms with E-state index in [-0.39, 0.29) is 0 Å². The Morgan fingerprint density at radius 3 is 2.88 bits per heavy atom. The van der Waals surface area contributed by atoms with Gasteiger partial charge in [-0.2, -0.15) is 0 Å². The second-order valence-corrected chi connectivity index (χ2v) is 4.48. The summed E-state index contributed by atoms with van der Waals surface area (Å²) in [5.74, 6) is 0. The predicted octanol–water partition coefficient (Wildman–Crippen LogP) is 2.60. The van der Waals surface area contributed by atoms with Crippen molar-refractivity contribution in [2.75, 3.05) is 6.54 Å². The lowest BCUT2D eigenvalue weighted by molar-refractivity contribution is 0.564. The average molecular weight is 271 g/mol. The maximum absolute atomic E-state index is 6.09. The Hall–Kier alpha value is -1.10. The van der Waals surface area contributed by atoms with Crippen molar-refractivity contribution in [1.29, 1.82) is 0 Å². The maximum Gasteiger partial charge on any atom is 0.114 e. The molecule has 2 rings (SSSR count). The summed E-state index contributed by atoms with van der Waals surface area (Å²) in [5, 5.41) is 9.32. The molecule has 1 heterocycles. The minimum absolute atomic E-state index is 0.611. The maximum atomic E-state index is 6.09. The molecule has 2 aromatic rings. The number of rotatable bonds is 4. The second-order valence-electron chi connectivity index (χ2n) is 3.63. The molecule has 0 spiro atoms. The molecule has 2 N–H and O–H groups in total. The van der Waals surface area contributed by atoms with Crippen LogP contribution in [-0.2, 0) is 6.54 Å². The molecule has 0 aliphatic heterocycles. The van der Waals surface area contributed by atoms with Crippen molar-refractivity contribution in [2.45, 2.75) is 13.0 Å². The minimum atomic E-state index is 0.611. The first-order chi connectivity index (χ1) is 8.20. The highest BCUT2D eigenvalue weighted by Gasteiger charge is 2.08. The van der Waals surface area contributed by atoms with Crippen LogP contribution < -0.4 is 5.73 Å². The molecule has 0 atom stereocenters. The number of halogens is 2. The lowest BCUT2D eigenvalue weighted by Crippen LogP contribution is -2.06. The van der Waals surface area contributed by atoms with E-state index in [9.17, 15) is 0 Å². The van der Waals surface area contributed by atoms with Crippen LogP contribution in [0.4, 0.5) is 0 Å².